The Kier molecular flexibility index (Phi) is 15.2. The Hall–Kier alpha value is -4.10. The van der Waals surface area contributed by atoms with Crippen LogP contribution in [0.5, 0.6) is 5.75 Å². The molecule has 1 aliphatic rings. The number of carbonyl (C=O) groups is 5. The molecule has 2 aromatic rings. The predicted octanol–water partition coefficient (Wildman–Crippen LogP) is 5.36. The molecule has 2 aromatic carbocycles. The number of nitrogens with zero attached hydrogens (tertiary/aromatic N) is 1. The van der Waals surface area contributed by atoms with Gasteiger partial charge in [-0.25, -0.2) is 8.42 Å². The average Bonchev–Trinajstić information content (AvgIpc) is 3.58. The van der Waals surface area contributed by atoms with Crippen molar-refractivity contribution < 1.29 is 72.6 Å². The summed E-state index contributed by atoms with van der Waals surface area (Å²) in [6, 6.07) is 8.31. The van der Waals surface area contributed by atoms with Crippen LogP contribution in [-0.4, -0.2) is 99.8 Å². The maximum absolute atomic E-state index is 15.3. The topological polar surface area (TPSA) is 153 Å². The molecule has 0 aliphatic carbocycles. The molecule has 56 heavy (non-hydrogen) atoms. The third kappa shape index (κ3) is 11.5. The smallest absolute Gasteiger partial charge is 0.405 e. The summed E-state index contributed by atoms with van der Waals surface area (Å²) in [6.45, 7) is -1.15. The van der Waals surface area contributed by atoms with E-state index in [2.05, 4.69) is 0 Å². The van der Waals surface area contributed by atoms with Crippen LogP contribution in [-0.2, 0) is 50.2 Å². The van der Waals surface area contributed by atoms with E-state index < -0.39 is 136 Å². The highest BCUT2D eigenvalue weighted by atomic mass is 35.5. The number of nitrogens with one attached hydrogen (secondary N) is 1. The van der Waals surface area contributed by atoms with Crippen LogP contribution in [0.25, 0.3) is 0 Å². The van der Waals surface area contributed by atoms with E-state index in [9.17, 15) is 54.3 Å². The van der Waals surface area contributed by atoms with Crippen LogP contribution in [0, 0.1) is 17.8 Å². The molecular formula is C36H40ClF7N2O9S. The molecule has 0 bridgehead atoms. The first-order chi connectivity index (χ1) is 25.8. The van der Waals surface area contributed by atoms with Crippen molar-refractivity contribution in [2.24, 2.45) is 17.8 Å². The number of sulfone groups is 1. The predicted molar refractivity (Wildman–Crippen MR) is 187 cm³/mol. The molecule has 20 heteroatoms. The van der Waals surface area contributed by atoms with Gasteiger partial charge in [-0.15, -0.1) is 0 Å². The second kappa shape index (κ2) is 18.4. The summed E-state index contributed by atoms with van der Waals surface area (Å²) in [6.07, 6.45) is -8.03. The van der Waals surface area contributed by atoms with E-state index >= 15 is 8.78 Å². The number of alkyl halides is 7. The van der Waals surface area contributed by atoms with E-state index in [1.54, 1.807) is 0 Å². The van der Waals surface area contributed by atoms with Gasteiger partial charge in [0.15, 0.2) is 15.6 Å². The lowest BCUT2D eigenvalue weighted by Gasteiger charge is -2.30. The fourth-order valence-corrected chi connectivity index (χ4v) is 8.09. The summed E-state index contributed by atoms with van der Waals surface area (Å²) in [5.74, 6) is -23.1. The molecule has 310 valence electrons. The van der Waals surface area contributed by atoms with Gasteiger partial charge in [-0.3, -0.25) is 24.0 Å². The van der Waals surface area contributed by atoms with Crippen molar-refractivity contribution in [3.8, 4) is 5.75 Å². The highest BCUT2D eigenvalue weighted by molar-refractivity contribution is 7.91. The van der Waals surface area contributed by atoms with Gasteiger partial charge in [0.25, 0.3) is 5.91 Å². The lowest BCUT2D eigenvalue weighted by atomic mass is 9.82. The van der Waals surface area contributed by atoms with Gasteiger partial charge in [0.05, 0.1) is 36.7 Å². The van der Waals surface area contributed by atoms with E-state index in [0.717, 1.165) is 24.6 Å². The van der Waals surface area contributed by atoms with Gasteiger partial charge in [-0.2, -0.15) is 30.7 Å². The molecule has 1 heterocycles. The minimum atomic E-state index is -5.10. The molecule has 0 saturated carbocycles. The summed E-state index contributed by atoms with van der Waals surface area (Å²) in [5, 5.41) is -0.681. The highest BCUT2D eigenvalue weighted by Gasteiger charge is 2.53. The lowest BCUT2D eigenvalue weighted by molar-refractivity contribution is -0.167. The molecule has 0 spiro atoms. The minimum absolute atomic E-state index is 0.113. The Labute approximate surface area is 323 Å². The number of rotatable bonds is 19. The third-order valence-corrected chi connectivity index (χ3v) is 11.6. The van der Waals surface area contributed by atoms with Gasteiger partial charge in [0.1, 0.15) is 12.3 Å². The van der Waals surface area contributed by atoms with E-state index in [-0.39, 0.29) is 10.6 Å². The largest absolute Gasteiger partial charge is 0.497 e. The zero-order valence-electron chi connectivity index (χ0n) is 30.5. The van der Waals surface area contributed by atoms with Crippen LogP contribution in [0.4, 0.5) is 30.7 Å². The van der Waals surface area contributed by atoms with Crippen LogP contribution in [0.1, 0.15) is 44.2 Å². The number of hydrogen-bond acceptors (Lipinski definition) is 9. The van der Waals surface area contributed by atoms with Crippen molar-refractivity contribution in [2.75, 3.05) is 33.9 Å². The van der Waals surface area contributed by atoms with Crippen LogP contribution in [0.3, 0.4) is 0 Å². The third-order valence-electron chi connectivity index (χ3n) is 9.25. The summed E-state index contributed by atoms with van der Waals surface area (Å²) < 4.78 is 136. The minimum Gasteiger partial charge on any atom is -0.497 e. The summed E-state index contributed by atoms with van der Waals surface area (Å²) in [5.41, 5.74) is -0.508. The molecule has 1 fully saturated rings. The van der Waals surface area contributed by atoms with Crippen molar-refractivity contribution in [1.29, 1.82) is 0 Å². The number of ether oxygens (including phenoxy) is 2. The summed E-state index contributed by atoms with van der Waals surface area (Å²) in [4.78, 5) is 66.8. The van der Waals surface area contributed by atoms with Gasteiger partial charge < -0.3 is 19.7 Å². The molecule has 0 radical (unpaired) electrons. The molecule has 3 rings (SSSR count). The lowest BCUT2D eigenvalue weighted by Crippen LogP contribution is -2.52. The van der Waals surface area contributed by atoms with Gasteiger partial charge in [-0.1, -0.05) is 49.7 Å². The standard InChI is InChI=1S/C36H40ClF7N2O9S/c1-20(2)27(31(49)36(43,44)33(51)45-19-34(38,39)40)15-29(47)28-14-26(56(52,53)18-21-8-10-25(55-4)11-9-21)16-46(28)32(50)22(17-54-3)12-30(48)35(41,42)23-6-5-7-24(37)13-23/h5-11,13,20,22,26-28H,12,14-19H2,1-4H3,(H,45,51)/t22-,26+,27-,28-/m0/s1. The van der Waals surface area contributed by atoms with Crippen molar-refractivity contribution >= 4 is 50.6 Å². The number of benzene rings is 2. The highest BCUT2D eigenvalue weighted by Crippen LogP contribution is 2.36. The number of hydrogen-bond donors (Lipinski definition) is 1. The number of methoxy groups -OCH3 is 2. The number of likely N-dealkylation sites (tertiary alicyclic amines) is 1. The van der Waals surface area contributed by atoms with Gasteiger partial charge in [0, 0.05) is 43.0 Å². The molecule has 1 aliphatic heterocycles. The molecule has 0 unspecified atom stereocenters. The van der Waals surface area contributed by atoms with Crippen molar-refractivity contribution in [3.63, 3.8) is 0 Å². The Balaban J connectivity index is 1.99. The van der Waals surface area contributed by atoms with Gasteiger partial charge in [-0.05, 0) is 42.2 Å². The molecule has 2 amide bonds. The van der Waals surface area contributed by atoms with E-state index in [1.807, 2.05) is 0 Å². The molecular weight excluding hydrogens is 805 g/mol. The van der Waals surface area contributed by atoms with Gasteiger partial charge >= 0.3 is 18.0 Å². The number of carbonyl (C=O) groups excluding carboxylic acids is 5. The second-order valence-electron chi connectivity index (χ2n) is 13.6. The van der Waals surface area contributed by atoms with Crippen LogP contribution in [0.2, 0.25) is 5.02 Å². The molecule has 11 nitrogen and oxygen atoms in total. The maximum Gasteiger partial charge on any atom is 0.405 e. The Morgan fingerprint density at radius 1 is 0.946 bits per heavy atom. The summed E-state index contributed by atoms with van der Waals surface area (Å²) in [7, 11) is -1.79. The summed E-state index contributed by atoms with van der Waals surface area (Å²) >= 11 is 5.82. The zero-order chi connectivity index (χ0) is 42.4. The molecule has 0 aromatic heterocycles. The quantitative estimate of drug-likeness (QED) is 0.146. The normalized spacial score (nSPS) is 17.7. The number of ketones is 3. The monoisotopic (exact) mass is 844 g/mol. The van der Waals surface area contributed by atoms with E-state index in [1.165, 1.54) is 57.4 Å². The Morgan fingerprint density at radius 3 is 2.11 bits per heavy atom. The first-order valence-corrected chi connectivity index (χ1v) is 19.1. The van der Waals surface area contributed by atoms with Crippen molar-refractivity contribution in [1.82, 2.24) is 10.2 Å². The molecule has 4 atom stereocenters. The van der Waals surface area contributed by atoms with Crippen LogP contribution >= 0.6 is 11.6 Å². The van der Waals surface area contributed by atoms with Crippen LogP contribution < -0.4 is 10.1 Å². The Bertz CT molecular complexity index is 1880. The maximum atomic E-state index is 15.3. The fraction of sp³-hybridized carbons (Fsp3) is 0.528. The van der Waals surface area contributed by atoms with Gasteiger partial charge in [0.2, 0.25) is 17.5 Å². The van der Waals surface area contributed by atoms with Crippen molar-refractivity contribution in [3.05, 3.63) is 64.7 Å². The first-order valence-electron chi connectivity index (χ1n) is 17.0. The fourth-order valence-electron chi connectivity index (χ4n) is 6.15. The number of Topliss-reactive ketones (excluding diaryl/α,β-unsaturated/α-hetero) is 3. The first kappa shape index (κ1) is 46.3. The SMILES string of the molecule is COC[C@H](CC(=O)C(F)(F)c1cccc(Cl)c1)C(=O)N1C[C@H](S(=O)(=O)Cc2ccc(OC)cc2)C[C@H]1C(=O)C[C@H](C(=O)C(F)(F)C(=O)NCC(F)(F)F)C(C)C. The van der Waals surface area contributed by atoms with E-state index in [4.69, 9.17) is 21.1 Å². The van der Waals surface area contributed by atoms with Crippen molar-refractivity contribution in [2.45, 2.75) is 68.2 Å². The molecule has 1 N–H and O–H groups in total. The average molecular weight is 845 g/mol. The zero-order valence-corrected chi connectivity index (χ0v) is 32.1. The number of halogens is 8. The second-order valence-corrected chi connectivity index (χ2v) is 16.4. The van der Waals surface area contributed by atoms with E-state index in [0.29, 0.717) is 10.6 Å². The molecule has 1 saturated heterocycles. The number of amides is 2. The Morgan fingerprint density at radius 2 is 1.57 bits per heavy atom. The van der Waals surface area contributed by atoms with Crippen LogP contribution in [0.15, 0.2) is 48.5 Å².